The second-order valence-electron chi connectivity index (χ2n) is 1.81. The second-order valence-corrected chi connectivity index (χ2v) is 4.79. The van der Waals surface area contributed by atoms with Gasteiger partial charge in [0.1, 0.15) is 0 Å². The van der Waals surface area contributed by atoms with Gasteiger partial charge in [0.15, 0.2) is 0 Å². The molecule has 0 atom stereocenters. The topological polar surface area (TPSA) is 0 Å². The maximum absolute atomic E-state index is 2.34. The van der Waals surface area contributed by atoms with E-state index in [-0.39, 0.29) is 0 Å². The largest absolute Gasteiger partial charge is 0.0735 e. The van der Waals surface area contributed by atoms with Crippen LogP contribution in [0.1, 0.15) is 0 Å². The van der Waals surface area contributed by atoms with Gasteiger partial charge >= 0.3 is 0 Å². The summed E-state index contributed by atoms with van der Waals surface area (Å²) in [4.78, 5) is 0. The SMILES string of the molecule is C1=CC2=[Si][Si]=CC2=C1. The molecule has 0 fully saturated rings. The molecule has 0 aromatic carbocycles. The molecule has 0 spiro atoms. The van der Waals surface area contributed by atoms with Gasteiger partial charge in [-0.1, -0.05) is 23.9 Å². The van der Waals surface area contributed by atoms with Crippen molar-refractivity contribution in [3.8, 4) is 0 Å². The summed E-state index contributed by atoms with van der Waals surface area (Å²) in [7, 11) is 2.15. The molecule has 2 aliphatic rings. The molecule has 0 saturated carbocycles. The van der Waals surface area contributed by atoms with Crippen LogP contribution in [-0.4, -0.2) is 28.1 Å². The second kappa shape index (κ2) is 1.57. The van der Waals surface area contributed by atoms with E-state index in [9.17, 15) is 0 Å². The standard InChI is InChI=1S/C6H4Si2/c1-2-5-4-7-8-6(5)3-1/h1-4H. The van der Waals surface area contributed by atoms with Crippen molar-refractivity contribution in [2.75, 3.05) is 0 Å². The van der Waals surface area contributed by atoms with Gasteiger partial charge in [-0.15, -0.1) is 0 Å². The highest BCUT2D eigenvalue weighted by Crippen LogP contribution is 2.04. The van der Waals surface area contributed by atoms with Crippen molar-refractivity contribution in [3.63, 3.8) is 0 Å². The van der Waals surface area contributed by atoms with Crippen LogP contribution in [0.3, 0.4) is 0 Å². The number of rotatable bonds is 0. The summed E-state index contributed by atoms with van der Waals surface area (Å²) >= 11 is 0. The Morgan fingerprint density at radius 3 is 3.25 bits per heavy atom. The van der Waals surface area contributed by atoms with Crippen LogP contribution in [0.2, 0.25) is 0 Å². The van der Waals surface area contributed by atoms with Gasteiger partial charge in [-0.3, -0.25) is 0 Å². The van der Waals surface area contributed by atoms with Crippen molar-refractivity contribution in [3.05, 3.63) is 23.8 Å². The fourth-order valence-electron chi connectivity index (χ4n) is 0.865. The predicted molar refractivity (Wildman–Crippen MR) is 39.8 cm³/mol. The molecule has 0 bridgehead atoms. The minimum atomic E-state index is 1.07. The molecule has 1 aliphatic heterocycles. The van der Waals surface area contributed by atoms with E-state index >= 15 is 0 Å². The van der Waals surface area contributed by atoms with E-state index in [1.807, 2.05) is 0 Å². The quantitative estimate of drug-likeness (QED) is 0.400. The fraction of sp³-hybridized carbons (Fsp3) is 0. The molecule has 1 aliphatic carbocycles. The summed E-state index contributed by atoms with van der Waals surface area (Å²) < 4.78 is 0. The Balaban J connectivity index is 2.59. The Bertz CT molecular complexity index is 205. The van der Waals surface area contributed by atoms with Crippen LogP contribution in [0.15, 0.2) is 23.8 Å². The zero-order valence-corrected chi connectivity index (χ0v) is 6.31. The predicted octanol–water partition coefficient (Wildman–Crippen LogP) is -0.206. The first-order valence-electron chi connectivity index (χ1n) is 2.57. The molecule has 2 rings (SSSR count). The van der Waals surface area contributed by atoms with Crippen LogP contribution in [0.25, 0.3) is 0 Å². The lowest BCUT2D eigenvalue weighted by Gasteiger charge is -1.86. The minimum Gasteiger partial charge on any atom is -0.0735 e. The number of hydrogen-bond donors (Lipinski definition) is 0. The van der Waals surface area contributed by atoms with E-state index in [0.717, 1.165) is 17.3 Å². The zero-order valence-electron chi connectivity index (χ0n) is 4.31. The molecule has 36 valence electrons. The van der Waals surface area contributed by atoms with Crippen molar-refractivity contribution < 1.29 is 0 Å². The number of fused-ring (bicyclic) bond motifs is 1. The van der Waals surface area contributed by atoms with Gasteiger partial charge in [-0.05, 0) is 10.7 Å². The highest BCUT2D eigenvalue weighted by atomic mass is 29.1. The monoisotopic (exact) mass is 132 g/mol. The molecule has 0 unspecified atom stereocenters. The van der Waals surface area contributed by atoms with E-state index in [2.05, 4.69) is 23.9 Å². The lowest BCUT2D eigenvalue weighted by Crippen LogP contribution is -1.93. The normalized spacial score (nSPS) is 21.0. The highest BCUT2D eigenvalue weighted by Gasteiger charge is 2.04. The third-order valence-corrected chi connectivity index (χ3v) is 4.28. The Hall–Kier alpha value is -0.346. The molecular formula is C6H4Si2. The van der Waals surface area contributed by atoms with E-state index < -0.39 is 0 Å². The van der Waals surface area contributed by atoms with Crippen LogP contribution in [-0.2, 0) is 0 Å². The Kier molecular flexibility index (Phi) is 0.886. The molecule has 8 heavy (non-hydrogen) atoms. The lowest BCUT2D eigenvalue weighted by atomic mass is 10.3. The molecule has 0 nitrogen and oxygen atoms in total. The van der Waals surface area contributed by atoms with Gasteiger partial charge in [-0.25, -0.2) is 0 Å². The molecule has 2 heteroatoms. The Labute approximate surface area is 52.6 Å². The van der Waals surface area contributed by atoms with Crippen LogP contribution < -0.4 is 0 Å². The maximum Gasteiger partial charge on any atom is 0.0403 e. The first kappa shape index (κ1) is 4.52. The molecule has 0 aromatic rings. The van der Waals surface area contributed by atoms with Gasteiger partial charge in [0.05, 0.1) is 0 Å². The van der Waals surface area contributed by atoms with E-state index in [4.69, 9.17) is 0 Å². The van der Waals surface area contributed by atoms with Crippen LogP contribution in [0.4, 0.5) is 0 Å². The Morgan fingerprint density at radius 1 is 1.38 bits per heavy atom. The summed E-state index contributed by atoms with van der Waals surface area (Å²) in [5.41, 5.74) is 3.83. The summed E-state index contributed by atoms with van der Waals surface area (Å²) in [5.74, 6) is 0. The van der Waals surface area contributed by atoms with E-state index in [0.29, 0.717) is 0 Å². The van der Waals surface area contributed by atoms with Gasteiger partial charge in [0.25, 0.3) is 0 Å². The Morgan fingerprint density at radius 2 is 2.38 bits per heavy atom. The molecule has 0 aromatic heterocycles. The third kappa shape index (κ3) is 0.500. The fourth-order valence-corrected chi connectivity index (χ4v) is 3.96. The van der Waals surface area contributed by atoms with Crippen LogP contribution in [0.5, 0.6) is 0 Å². The third-order valence-electron chi connectivity index (χ3n) is 1.28. The van der Waals surface area contributed by atoms with Gasteiger partial charge in [0.2, 0.25) is 0 Å². The molecule has 1 heterocycles. The maximum atomic E-state index is 2.34. The number of allylic oxidation sites excluding steroid dienone is 4. The first-order chi connectivity index (χ1) is 3.97. The van der Waals surface area contributed by atoms with Crippen LogP contribution in [0, 0.1) is 0 Å². The smallest absolute Gasteiger partial charge is 0.0403 e. The highest BCUT2D eigenvalue weighted by molar-refractivity contribution is 7.12. The van der Waals surface area contributed by atoms with Gasteiger partial charge in [0, 0.05) is 17.3 Å². The van der Waals surface area contributed by atoms with Crippen molar-refractivity contribution in [2.45, 2.75) is 0 Å². The summed E-state index contributed by atoms with van der Waals surface area (Å²) in [6.45, 7) is 0. The molecular weight excluding hydrogens is 128 g/mol. The van der Waals surface area contributed by atoms with Crippen molar-refractivity contribution >= 4 is 28.1 Å². The molecule has 2 radical (unpaired) electrons. The van der Waals surface area contributed by atoms with Crippen molar-refractivity contribution in [1.29, 1.82) is 0 Å². The van der Waals surface area contributed by atoms with E-state index in [1.54, 1.807) is 5.17 Å². The summed E-state index contributed by atoms with van der Waals surface area (Å²) in [5, 5.41) is 1.57. The average Bonchev–Trinajstić information content (AvgIpc) is 2.15. The summed E-state index contributed by atoms with van der Waals surface area (Å²) in [6.07, 6.45) is 6.56. The molecule has 0 N–H and O–H groups in total. The summed E-state index contributed by atoms with van der Waals surface area (Å²) in [6, 6.07) is 0. The van der Waals surface area contributed by atoms with Crippen molar-refractivity contribution in [1.82, 2.24) is 0 Å². The van der Waals surface area contributed by atoms with Gasteiger partial charge in [-0.2, -0.15) is 0 Å². The average molecular weight is 132 g/mol. The molecule has 0 saturated heterocycles. The van der Waals surface area contributed by atoms with Crippen molar-refractivity contribution in [2.24, 2.45) is 0 Å². The van der Waals surface area contributed by atoms with Gasteiger partial charge < -0.3 is 0 Å². The van der Waals surface area contributed by atoms with Crippen LogP contribution >= 0.6 is 0 Å². The molecule has 0 amide bonds. The first-order valence-corrected chi connectivity index (χ1v) is 5.65. The zero-order chi connectivity index (χ0) is 5.40. The number of hydrogen-bond acceptors (Lipinski definition) is 0. The minimum absolute atomic E-state index is 1.07. The lowest BCUT2D eigenvalue weighted by molar-refractivity contribution is 2.08. The van der Waals surface area contributed by atoms with E-state index in [1.165, 1.54) is 5.57 Å².